The Kier molecular flexibility index (Phi) is 7.09. The number of thioether (sulfide) groups is 1. The number of hydrogen-bond acceptors (Lipinski definition) is 3. The molecule has 0 aliphatic carbocycles. The number of nitrogens with one attached hydrogen (secondary N) is 1. The van der Waals surface area contributed by atoms with Gasteiger partial charge in [-0.15, -0.1) is 0 Å². The number of rotatable bonds is 6. The second kappa shape index (κ2) is 7.21. The zero-order valence-electron chi connectivity index (χ0n) is 8.96. The Hall–Kier alpha value is -0.220. The van der Waals surface area contributed by atoms with E-state index < -0.39 is 0 Å². The molecule has 0 aromatic rings. The Balaban J connectivity index is 4.02. The van der Waals surface area contributed by atoms with E-state index in [1.165, 1.54) is 0 Å². The molecule has 13 heavy (non-hydrogen) atoms. The fraction of sp³-hybridized carbons (Fsp3) is 0.889. The lowest BCUT2D eigenvalue weighted by Gasteiger charge is -2.26. The minimum Gasteiger partial charge on any atom is -0.341 e. The highest BCUT2D eigenvalue weighted by Gasteiger charge is 2.16. The Morgan fingerprint density at radius 2 is 2.23 bits per heavy atom. The molecule has 0 bridgehead atoms. The van der Waals surface area contributed by atoms with Crippen LogP contribution in [0, 0.1) is 0 Å². The zero-order chi connectivity index (χ0) is 10.3. The number of carbonyl (C=O) groups is 1. The van der Waals surface area contributed by atoms with Crippen LogP contribution in [-0.4, -0.2) is 49.5 Å². The van der Waals surface area contributed by atoms with Crippen LogP contribution in [0.5, 0.6) is 0 Å². The first-order chi connectivity index (χ1) is 6.17. The maximum Gasteiger partial charge on any atom is 0.236 e. The zero-order valence-corrected chi connectivity index (χ0v) is 9.78. The van der Waals surface area contributed by atoms with Crippen molar-refractivity contribution in [2.45, 2.75) is 19.4 Å². The van der Waals surface area contributed by atoms with Crippen molar-refractivity contribution < 1.29 is 4.79 Å². The van der Waals surface area contributed by atoms with Crippen molar-refractivity contribution in [2.24, 2.45) is 0 Å². The maximum absolute atomic E-state index is 11.5. The van der Waals surface area contributed by atoms with Crippen LogP contribution >= 0.6 is 11.8 Å². The number of carbonyl (C=O) groups excluding carboxylic acids is 1. The van der Waals surface area contributed by atoms with Gasteiger partial charge in [0.1, 0.15) is 0 Å². The summed E-state index contributed by atoms with van der Waals surface area (Å²) in [6, 6.07) is 0.371. The molecule has 1 atom stereocenters. The fourth-order valence-electron chi connectivity index (χ4n) is 1.18. The van der Waals surface area contributed by atoms with Gasteiger partial charge in [0.05, 0.1) is 6.54 Å². The van der Waals surface area contributed by atoms with Crippen molar-refractivity contribution in [2.75, 3.05) is 32.6 Å². The van der Waals surface area contributed by atoms with Crippen molar-refractivity contribution >= 4 is 17.7 Å². The van der Waals surface area contributed by atoms with Crippen molar-refractivity contribution in [1.82, 2.24) is 10.2 Å². The third-order valence-corrected chi connectivity index (χ3v) is 2.82. The summed E-state index contributed by atoms with van der Waals surface area (Å²) in [4.78, 5) is 13.3. The normalized spacial score (nSPS) is 12.6. The van der Waals surface area contributed by atoms with Gasteiger partial charge in [0.2, 0.25) is 5.91 Å². The number of hydrogen-bond donors (Lipinski definition) is 1. The van der Waals surface area contributed by atoms with Gasteiger partial charge in [0, 0.05) is 18.8 Å². The minimum absolute atomic E-state index is 0.170. The van der Waals surface area contributed by atoms with E-state index in [1.807, 2.05) is 11.9 Å². The molecule has 0 aromatic heterocycles. The quantitative estimate of drug-likeness (QED) is 0.695. The topological polar surface area (TPSA) is 32.3 Å². The molecule has 0 aliphatic rings. The summed E-state index contributed by atoms with van der Waals surface area (Å²) >= 11 is 1.78. The molecule has 1 unspecified atom stereocenters. The summed E-state index contributed by atoms with van der Waals surface area (Å²) in [5.41, 5.74) is 0. The van der Waals surface area contributed by atoms with Gasteiger partial charge >= 0.3 is 0 Å². The standard InChI is InChI=1S/C9H20N2OS/c1-5-8(7-13-4)11(3)9(12)6-10-2/h8,10H,5-7H2,1-4H3. The number of amides is 1. The monoisotopic (exact) mass is 204 g/mol. The first kappa shape index (κ1) is 12.8. The van der Waals surface area contributed by atoms with E-state index in [2.05, 4.69) is 18.5 Å². The summed E-state index contributed by atoms with van der Waals surface area (Å²) in [6.07, 6.45) is 3.09. The van der Waals surface area contributed by atoms with Crippen LogP contribution in [0.25, 0.3) is 0 Å². The van der Waals surface area contributed by atoms with Crippen LogP contribution < -0.4 is 5.32 Å². The van der Waals surface area contributed by atoms with Crippen LogP contribution in [0.4, 0.5) is 0 Å². The summed E-state index contributed by atoms with van der Waals surface area (Å²) in [7, 11) is 3.67. The second-order valence-electron chi connectivity index (χ2n) is 3.05. The van der Waals surface area contributed by atoms with Crippen LogP contribution in [0.3, 0.4) is 0 Å². The molecule has 0 radical (unpaired) electrons. The van der Waals surface area contributed by atoms with Gasteiger partial charge < -0.3 is 10.2 Å². The van der Waals surface area contributed by atoms with E-state index in [4.69, 9.17) is 0 Å². The predicted molar refractivity (Wildman–Crippen MR) is 59.2 cm³/mol. The molecule has 4 heteroatoms. The molecule has 78 valence electrons. The van der Waals surface area contributed by atoms with E-state index in [1.54, 1.807) is 18.8 Å². The largest absolute Gasteiger partial charge is 0.341 e. The van der Waals surface area contributed by atoms with Crippen molar-refractivity contribution in [3.05, 3.63) is 0 Å². The lowest BCUT2D eigenvalue weighted by molar-refractivity contribution is -0.130. The van der Waals surface area contributed by atoms with E-state index in [0.29, 0.717) is 12.6 Å². The third-order valence-electron chi connectivity index (χ3n) is 2.10. The Bertz CT molecular complexity index is 153. The van der Waals surface area contributed by atoms with E-state index in [9.17, 15) is 4.79 Å². The Morgan fingerprint density at radius 3 is 2.62 bits per heavy atom. The van der Waals surface area contributed by atoms with Crippen LogP contribution in [0.15, 0.2) is 0 Å². The van der Waals surface area contributed by atoms with E-state index in [0.717, 1.165) is 12.2 Å². The number of nitrogens with zero attached hydrogens (tertiary/aromatic N) is 1. The Morgan fingerprint density at radius 1 is 1.62 bits per heavy atom. The third kappa shape index (κ3) is 4.52. The van der Waals surface area contributed by atoms with Gasteiger partial charge in [-0.05, 0) is 19.7 Å². The van der Waals surface area contributed by atoms with Gasteiger partial charge in [-0.3, -0.25) is 4.79 Å². The van der Waals surface area contributed by atoms with Crippen LogP contribution in [-0.2, 0) is 4.79 Å². The average molecular weight is 204 g/mol. The minimum atomic E-state index is 0.170. The Labute approximate surface area is 85.3 Å². The number of likely N-dealkylation sites (N-methyl/N-ethyl adjacent to an activating group) is 2. The molecule has 1 amide bonds. The lowest BCUT2D eigenvalue weighted by atomic mass is 10.2. The maximum atomic E-state index is 11.5. The highest BCUT2D eigenvalue weighted by molar-refractivity contribution is 7.98. The van der Waals surface area contributed by atoms with Crippen LogP contribution in [0.1, 0.15) is 13.3 Å². The summed E-state index contributed by atoms with van der Waals surface area (Å²) < 4.78 is 0. The fourth-order valence-corrected chi connectivity index (χ4v) is 2.02. The van der Waals surface area contributed by atoms with Crippen molar-refractivity contribution in [3.63, 3.8) is 0 Å². The molecule has 0 spiro atoms. The summed E-state index contributed by atoms with van der Waals surface area (Å²) in [6.45, 7) is 2.55. The molecule has 0 saturated heterocycles. The highest BCUT2D eigenvalue weighted by Crippen LogP contribution is 2.07. The molecule has 3 nitrogen and oxygen atoms in total. The molecule has 0 heterocycles. The first-order valence-corrected chi connectivity index (χ1v) is 5.95. The van der Waals surface area contributed by atoms with E-state index >= 15 is 0 Å². The van der Waals surface area contributed by atoms with Crippen LogP contribution in [0.2, 0.25) is 0 Å². The smallest absolute Gasteiger partial charge is 0.236 e. The molecule has 1 N–H and O–H groups in total. The van der Waals surface area contributed by atoms with Gasteiger partial charge in [-0.1, -0.05) is 6.92 Å². The first-order valence-electron chi connectivity index (χ1n) is 4.56. The van der Waals surface area contributed by atoms with Gasteiger partial charge in [-0.25, -0.2) is 0 Å². The molecule has 0 fully saturated rings. The summed E-state index contributed by atoms with van der Waals surface area (Å²) in [5, 5.41) is 2.87. The lowest BCUT2D eigenvalue weighted by Crippen LogP contribution is -2.42. The molecular weight excluding hydrogens is 184 g/mol. The molecule has 0 aliphatic heterocycles. The second-order valence-corrected chi connectivity index (χ2v) is 3.96. The van der Waals surface area contributed by atoms with E-state index in [-0.39, 0.29) is 5.91 Å². The molecule has 0 aromatic carbocycles. The van der Waals surface area contributed by atoms with Gasteiger partial charge in [0.25, 0.3) is 0 Å². The van der Waals surface area contributed by atoms with Gasteiger partial charge in [0.15, 0.2) is 0 Å². The molecule has 0 rings (SSSR count). The van der Waals surface area contributed by atoms with Crippen molar-refractivity contribution in [1.29, 1.82) is 0 Å². The molecule has 0 saturated carbocycles. The SMILES string of the molecule is CCC(CSC)N(C)C(=O)CNC. The molecular formula is C9H20N2OS. The van der Waals surface area contributed by atoms with Crippen molar-refractivity contribution in [3.8, 4) is 0 Å². The predicted octanol–water partition coefficient (Wildman–Crippen LogP) is 0.806. The summed E-state index contributed by atoms with van der Waals surface area (Å²) in [5.74, 6) is 1.19. The van der Waals surface area contributed by atoms with Gasteiger partial charge in [-0.2, -0.15) is 11.8 Å². The average Bonchev–Trinajstić information content (AvgIpc) is 2.13. The highest BCUT2D eigenvalue weighted by atomic mass is 32.2.